The summed E-state index contributed by atoms with van der Waals surface area (Å²) in [7, 11) is 0. The van der Waals surface area contributed by atoms with E-state index in [2.05, 4.69) is 21.2 Å². The molecule has 0 saturated heterocycles. The number of nitrogens with one attached hydrogen (secondary N) is 1. The van der Waals surface area contributed by atoms with Gasteiger partial charge in [-0.3, -0.25) is 9.59 Å². The fourth-order valence-corrected chi connectivity index (χ4v) is 1.93. The Kier molecular flexibility index (Phi) is 7.65. The van der Waals surface area contributed by atoms with Gasteiger partial charge < -0.3 is 10.1 Å². The first kappa shape index (κ1) is 16.4. The highest BCUT2D eigenvalue weighted by molar-refractivity contribution is 9.10. The van der Waals surface area contributed by atoms with Crippen molar-refractivity contribution in [1.29, 1.82) is 0 Å². The maximum atomic E-state index is 11.6. The van der Waals surface area contributed by atoms with Crippen LogP contribution in [0.5, 0.6) is 0 Å². The molecule has 0 spiro atoms. The van der Waals surface area contributed by atoms with Crippen LogP contribution in [0.4, 0.5) is 0 Å². The lowest BCUT2D eigenvalue weighted by atomic mass is 10.2. The number of hydrogen-bond donors (Lipinski definition) is 1. The third kappa shape index (κ3) is 6.52. The fourth-order valence-electron chi connectivity index (χ4n) is 1.51. The summed E-state index contributed by atoms with van der Waals surface area (Å²) < 4.78 is 5.73. The first-order valence-corrected chi connectivity index (χ1v) is 7.29. The molecular weight excluding hydrogens is 322 g/mol. The summed E-state index contributed by atoms with van der Waals surface area (Å²) >= 11 is 3.41. The minimum atomic E-state index is -0.231. The molecule has 0 aliphatic rings. The van der Waals surface area contributed by atoms with Gasteiger partial charge in [0.05, 0.1) is 6.61 Å². The van der Waals surface area contributed by atoms with Gasteiger partial charge in [0.1, 0.15) is 0 Å². The summed E-state index contributed by atoms with van der Waals surface area (Å²) in [5, 5.41) is 2.72. The number of carbonyl (C=O) groups is 2. The number of hydrogen-bond acceptors (Lipinski definition) is 3. The molecule has 1 amide bonds. The summed E-state index contributed by atoms with van der Waals surface area (Å²) in [6, 6.07) is 7.64. The Bertz CT molecular complexity index is 486. The predicted octanol–water partition coefficient (Wildman–Crippen LogP) is 2.92. The van der Waals surface area contributed by atoms with E-state index in [4.69, 9.17) is 4.74 Å². The van der Waals surface area contributed by atoms with Crippen LogP contribution in [0.15, 0.2) is 34.8 Å². The van der Waals surface area contributed by atoms with Crippen LogP contribution >= 0.6 is 15.9 Å². The number of benzene rings is 1. The number of amides is 1. The molecule has 0 bridgehead atoms. The molecule has 1 aromatic rings. The van der Waals surface area contributed by atoms with E-state index in [1.807, 2.05) is 24.3 Å². The minimum Gasteiger partial charge on any atom is -0.466 e. The van der Waals surface area contributed by atoms with Gasteiger partial charge in [-0.15, -0.1) is 0 Å². The van der Waals surface area contributed by atoms with Gasteiger partial charge in [0, 0.05) is 23.5 Å². The molecule has 0 aliphatic heterocycles. The number of esters is 1. The molecule has 0 unspecified atom stereocenters. The topological polar surface area (TPSA) is 55.4 Å². The van der Waals surface area contributed by atoms with Gasteiger partial charge in [0.25, 0.3) is 0 Å². The van der Waals surface area contributed by atoms with Crippen molar-refractivity contribution in [3.05, 3.63) is 40.4 Å². The SMILES string of the molecule is CCOC(=O)CCCNC(=O)C=Cc1ccccc1Br. The quantitative estimate of drug-likeness (QED) is 0.472. The van der Waals surface area contributed by atoms with Crippen LogP contribution in [0, 0.1) is 0 Å². The van der Waals surface area contributed by atoms with Crippen molar-refractivity contribution in [1.82, 2.24) is 5.32 Å². The lowest BCUT2D eigenvalue weighted by Gasteiger charge is -2.03. The molecule has 0 heterocycles. The maximum absolute atomic E-state index is 11.6. The lowest BCUT2D eigenvalue weighted by molar-refractivity contribution is -0.143. The second-order valence-electron chi connectivity index (χ2n) is 4.05. The van der Waals surface area contributed by atoms with E-state index in [0.717, 1.165) is 10.0 Å². The van der Waals surface area contributed by atoms with Gasteiger partial charge in [0.15, 0.2) is 0 Å². The Hall–Kier alpha value is -1.62. The van der Waals surface area contributed by atoms with E-state index in [9.17, 15) is 9.59 Å². The van der Waals surface area contributed by atoms with Crippen LogP contribution in [0.3, 0.4) is 0 Å². The van der Waals surface area contributed by atoms with Gasteiger partial charge >= 0.3 is 5.97 Å². The minimum absolute atomic E-state index is 0.176. The zero-order chi connectivity index (χ0) is 14.8. The lowest BCUT2D eigenvalue weighted by Crippen LogP contribution is -2.22. The smallest absolute Gasteiger partial charge is 0.305 e. The molecule has 0 radical (unpaired) electrons. The Balaban J connectivity index is 2.27. The predicted molar refractivity (Wildman–Crippen MR) is 82.1 cm³/mol. The average molecular weight is 340 g/mol. The Morgan fingerprint density at radius 2 is 2.10 bits per heavy atom. The molecule has 1 rings (SSSR count). The molecular formula is C15H18BrNO3. The largest absolute Gasteiger partial charge is 0.466 e. The number of halogens is 1. The Morgan fingerprint density at radius 1 is 1.35 bits per heavy atom. The van der Waals surface area contributed by atoms with Crippen LogP contribution in [0.1, 0.15) is 25.3 Å². The Morgan fingerprint density at radius 3 is 2.80 bits per heavy atom. The molecule has 108 valence electrons. The first-order valence-electron chi connectivity index (χ1n) is 6.49. The van der Waals surface area contributed by atoms with Crippen molar-refractivity contribution in [2.75, 3.05) is 13.2 Å². The molecule has 0 saturated carbocycles. The van der Waals surface area contributed by atoms with E-state index in [-0.39, 0.29) is 11.9 Å². The van der Waals surface area contributed by atoms with Gasteiger partial charge in [-0.05, 0) is 31.1 Å². The zero-order valence-corrected chi connectivity index (χ0v) is 13.0. The van der Waals surface area contributed by atoms with Gasteiger partial charge in [0.2, 0.25) is 5.91 Å². The summed E-state index contributed by atoms with van der Waals surface area (Å²) in [4.78, 5) is 22.7. The normalized spacial score (nSPS) is 10.5. The summed E-state index contributed by atoms with van der Waals surface area (Å²) in [5.74, 6) is -0.407. The summed E-state index contributed by atoms with van der Waals surface area (Å²) in [6.45, 7) is 2.62. The Labute approximate surface area is 127 Å². The van der Waals surface area contributed by atoms with Crippen LogP contribution in [0.25, 0.3) is 6.08 Å². The number of carbonyl (C=O) groups excluding carboxylic acids is 2. The molecule has 20 heavy (non-hydrogen) atoms. The maximum Gasteiger partial charge on any atom is 0.305 e. The van der Waals surface area contributed by atoms with E-state index in [0.29, 0.717) is 26.0 Å². The number of ether oxygens (including phenoxy) is 1. The van der Waals surface area contributed by atoms with Gasteiger partial charge in [-0.25, -0.2) is 0 Å². The molecule has 0 aromatic heterocycles. The zero-order valence-electron chi connectivity index (χ0n) is 11.4. The molecule has 0 fully saturated rings. The standard InChI is InChI=1S/C15H18BrNO3/c1-2-20-15(19)8-5-11-17-14(18)10-9-12-6-3-4-7-13(12)16/h3-4,6-7,9-10H,2,5,8,11H2,1H3,(H,17,18). The second kappa shape index (κ2) is 9.31. The molecule has 4 nitrogen and oxygen atoms in total. The van der Waals surface area contributed by atoms with Gasteiger partial charge in [-0.1, -0.05) is 34.1 Å². The van der Waals surface area contributed by atoms with Crippen molar-refractivity contribution in [3.63, 3.8) is 0 Å². The van der Waals surface area contributed by atoms with Crippen LogP contribution in [0.2, 0.25) is 0 Å². The van der Waals surface area contributed by atoms with Crippen molar-refractivity contribution < 1.29 is 14.3 Å². The molecule has 0 atom stereocenters. The molecule has 5 heteroatoms. The van der Waals surface area contributed by atoms with Crippen LogP contribution in [-0.2, 0) is 14.3 Å². The fraction of sp³-hybridized carbons (Fsp3) is 0.333. The highest BCUT2D eigenvalue weighted by Gasteiger charge is 2.01. The first-order chi connectivity index (χ1) is 9.63. The van der Waals surface area contributed by atoms with Crippen molar-refractivity contribution in [2.24, 2.45) is 0 Å². The van der Waals surface area contributed by atoms with Crippen molar-refractivity contribution in [2.45, 2.75) is 19.8 Å². The molecule has 1 N–H and O–H groups in total. The van der Waals surface area contributed by atoms with Crippen molar-refractivity contribution in [3.8, 4) is 0 Å². The van der Waals surface area contributed by atoms with E-state index in [1.165, 1.54) is 6.08 Å². The molecule has 1 aromatic carbocycles. The second-order valence-corrected chi connectivity index (χ2v) is 4.91. The summed E-state index contributed by atoms with van der Waals surface area (Å²) in [5.41, 5.74) is 0.939. The molecule has 0 aliphatic carbocycles. The van der Waals surface area contributed by atoms with E-state index in [1.54, 1.807) is 13.0 Å². The highest BCUT2D eigenvalue weighted by atomic mass is 79.9. The third-order valence-electron chi connectivity index (χ3n) is 2.48. The average Bonchev–Trinajstić information content (AvgIpc) is 2.43. The van der Waals surface area contributed by atoms with Crippen LogP contribution < -0.4 is 5.32 Å². The number of rotatable bonds is 7. The van der Waals surface area contributed by atoms with E-state index >= 15 is 0 Å². The monoisotopic (exact) mass is 339 g/mol. The third-order valence-corrected chi connectivity index (χ3v) is 3.20. The van der Waals surface area contributed by atoms with E-state index < -0.39 is 0 Å². The van der Waals surface area contributed by atoms with Crippen LogP contribution in [-0.4, -0.2) is 25.0 Å². The van der Waals surface area contributed by atoms with Crippen molar-refractivity contribution >= 4 is 33.9 Å². The highest BCUT2D eigenvalue weighted by Crippen LogP contribution is 2.16. The van der Waals surface area contributed by atoms with Gasteiger partial charge in [-0.2, -0.15) is 0 Å². The summed E-state index contributed by atoms with van der Waals surface area (Å²) in [6.07, 6.45) is 4.12.